The summed E-state index contributed by atoms with van der Waals surface area (Å²) in [5.41, 5.74) is 0.969. The van der Waals surface area contributed by atoms with Gasteiger partial charge in [-0.3, -0.25) is 4.98 Å². The molecule has 88 valence electrons. The standard InChI is InChI=1S/C11H15NO4/c1-4-16-10(13)8-5-6-12-7-9(8)11(14-2)15-3/h5-7,11H,4H2,1-3H3. The van der Waals surface area contributed by atoms with E-state index < -0.39 is 12.3 Å². The molecule has 0 unspecified atom stereocenters. The summed E-state index contributed by atoms with van der Waals surface area (Å²) in [6.07, 6.45) is 2.44. The minimum Gasteiger partial charge on any atom is -0.462 e. The maximum Gasteiger partial charge on any atom is 0.338 e. The highest BCUT2D eigenvalue weighted by Crippen LogP contribution is 2.21. The van der Waals surface area contributed by atoms with Crippen molar-refractivity contribution in [2.24, 2.45) is 0 Å². The van der Waals surface area contributed by atoms with Crippen molar-refractivity contribution in [1.29, 1.82) is 0 Å². The molecule has 0 aliphatic carbocycles. The lowest BCUT2D eigenvalue weighted by Gasteiger charge is -2.16. The Bertz CT molecular complexity index is 350. The first kappa shape index (κ1) is 12.6. The van der Waals surface area contributed by atoms with Crippen molar-refractivity contribution in [3.8, 4) is 0 Å². The van der Waals surface area contributed by atoms with Crippen LogP contribution in [0, 0.1) is 0 Å². The highest BCUT2D eigenvalue weighted by molar-refractivity contribution is 5.90. The average molecular weight is 225 g/mol. The van der Waals surface area contributed by atoms with Gasteiger partial charge >= 0.3 is 5.97 Å². The maximum atomic E-state index is 11.6. The first-order valence-corrected chi connectivity index (χ1v) is 4.91. The van der Waals surface area contributed by atoms with E-state index in [4.69, 9.17) is 14.2 Å². The van der Waals surface area contributed by atoms with Crippen molar-refractivity contribution >= 4 is 5.97 Å². The predicted molar refractivity (Wildman–Crippen MR) is 57.0 cm³/mol. The van der Waals surface area contributed by atoms with Gasteiger partial charge in [0.15, 0.2) is 6.29 Å². The molecular formula is C11H15NO4. The SMILES string of the molecule is CCOC(=O)c1ccncc1C(OC)OC. The van der Waals surface area contributed by atoms with Gasteiger partial charge in [0, 0.05) is 32.2 Å². The van der Waals surface area contributed by atoms with E-state index >= 15 is 0 Å². The summed E-state index contributed by atoms with van der Waals surface area (Å²) in [6.45, 7) is 2.08. The zero-order valence-corrected chi connectivity index (χ0v) is 9.60. The first-order valence-electron chi connectivity index (χ1n) is 4.91. The van der Waals surface area contributed by atoms with E-state index in [9.17, 15) is 4.79 Å². The number of pyridine rings is 1. The third-order valence-electron chi connectivity index (χ3n) is 2.03. The molecule has 5 nitrogen and oxygen atoms in total. The molecule has 0 saturated carbocycles. The van der Waals surface area contributed by atoms with Crippen LogP contribution in [0.3, 0.4) is 0 Å². The Morgan fingerprint density at radius 1 is 1.44 bits per heavy atom. The van der Waals surface area contributed by atoms with Crippen LogP contribution >= 0.6 is 0 Å². The highest BCUT2D eigenvalue weighted by Gasteiger charge is 2.19. The Balaban J connectivity index is 3.03. The normalized spacial score (nSPS) is 10.5. The molecule has 0 N–H and O–H groups in total. The van der Waals surface area contributed by atoms with Gasteiger partial charge in [-0.05, 0) is 13.0 Å². The van der Waals surface area contributed by atoms with Gasteiger partial charge in [-0.15, -0.1) is 0 Å². The number of carbonyl (C=O) groups excluding carboxylic acids is 1. The van der Waals surface area contributed by atoms with Crippen molar-refractivity contribution in [3.05, 3.63) is 29.6 Å². The van der Waals surface area contributed by atoms with Gasteiger partial charge in [0.1, 0.15) is 0 Å². The predicted octanol–water partition coefficient (Wildman–Crippen LogP) is 1.55. The Morgan fingerprint density at radius 2 is 2.12 bits per heavy atom. The van der Waals surface area contributed by atoms with Crippen molar-refractivity contribution in [1.82, 2.24) is 4.98 Å². The summed E-state index contributed by atoms with van der Waals surface area (Å²) >= 11 is 0. The molecular weight excluding hydrogens is 210 g/mol. The summed E-state index contributed by atoms with van der Waals surface area (Å²) in [6, 6.07) is 1.58. The molecule has 0 aromatic carbocycles. The molecule has 0 spiro atoms. The summed E-state index contributed by atoms with van der Waals surface area (Å²) in [5, 5.41) is 0. The number of hydrogen-bond donors (Lipinski definition) is 0. The number of carbonyl (C=O) groups is 1. The molecule has 0 fully saturated rings. The third kappa shape index (κ3) is 2.77. The lowest BCUT2D eigenvalue weighted by molar-refractivity contribution is -0.106. The van der Waals surface area contributed by atoms with Crippen molar-refractivity contribution in [2.75, 3.05) is 20.8 Å². The zero-order chi connectivity index (χ0) is 12.0. The van der Waals surface area contributed by atoms with Gasteiger partial charge in [-0.2, -0.15) is 0 Å². The molecule has 0 saturated heterocycles. The lowest BCUT2D eigenvalue weighted by Crippen LogP contribution is -2.13. The van der Waals surface area contributed by atoms with Gasteiger partial charge in [-0.25, -0.2) is 4.79 Å². The molecule has 1 rings (SSSR count). The fourth-order valence-corrected chi connectivity index (χ4v) is 1.34. The van der Waals surface area contributed by atoms with Crippen molar-refractivity contribution in [3.63, 3.8) is 0 Å². The van der Waals surface area contributed by atoms with Crippen LogP contribution < -0.4 is 0 Å². The van der Waals surface area contributed by atoms with Crippen LogP contribution in [0.15, 0.2) is 18.5 Å². The summed E-state index contributed by atoms with van der Waals surface area (Å²) in [4.78, 5) is 15.6. The second-order valence-corrected chi connectivity index (χ2v) is 2.99. The van der Waals surface area contributed by atoms with E-state index in [0.717, 1.165) is 0 Å². The van der Waals surface area contributed by atoms with Gasteiger partial charge in [-0.1, -0.05) is 0 Å². The molecule has 0 amide bonds. The summed E-state index contributed by atoms with van der Waals surface area (Å²) in [5.74, 6) is -0.404. The van der Waals surface area contributed by atoms with Crippen LogP contribution in [0.2, 0.25) is 0 Å². The average Bonchev–Trinajstić information content (AvgIpc) is 2.31. The fourth-order valence-electron chi connectivity index (χ4n) is 1.34. The molecule has 0 bridgehead atoms. The van der Waals surface area contributed by atoms with Crippen LogP contribution in [0.25, 0.3) is 0 Å². The second kappa shape index (κ2) is 6.19. The minimum atomic E-state index is -0.617. The number of esters is 1. The van der Waals surface area contributed by atoms with Gasteiger partial charge in [0.2, 0.25) is 0 Å². The number of ether oxygens (including phenoxy) is 3. The molecule has 1 aromatic heterocycles. The van der Waals surface area contributed by atoms with E-state index in [1.54, 1.807) is 13.0 Å². The van der Waals surface area contributed by atoms with Crippen LogP contribution in [0.5, 0.6) is 0 Å². The van der Waals surface area contributed by atoms with Crippen LogP contribution in [0.1, 0.15) is 29.1 Å². The van der Waals surface area contributed by atoms with E-state index in [1.807, 2.05) is 0 Å². The molecule has 0 atom stereocenters. The third-order valence-corrected chi connectivity index (χ3v) is 2.03. The number of nitrogens with zero attached hydrogens (tertiary/aromatic N) is 1. The monoisotopic (exact) mass is 225 g/mol. The molecule has 0 aliphatic rings. The Hall–Kier alpha value is -1.46. The van der Waals surface area contributed by atoms with E-state index in [-0.39, 0.29) is 0 Å². The number of rotatable bonds is 5. The molecule has 1 heterocycles. The van der Waals surface area contributed by atoms with E-state index in [0.29, 0.717) is 17.7 Å². The second-order valence-electron chi connectivity index (χ2n) is 2.99. The quantitative estimate of drug-likeness (QED) is 0.562. The lowest BCUT2D eigenvalue weighted by atomic mass is 10.1. The topological polar surface area (TPSA) is 57.7 Å². The Labute approximate surface area is 94.3 Å². The molecule has 16 heavy (non-hydrogen) atoms. The summed E-state index contributed by atoms with van der Waals surface area (Å²) < 4.78 is 15.1. The summed E-state index contributed by atoms with van der Waals surface area (Å²) in [7, 11) is 2.99. The van der Waals surface area contributed by atoms with Gasteiger partial charge in [0.05, 0.1) is 12.2 Å². The largest absolute Gasteiger partial charge is 0.462 e. The van der Waals surface area contributed by atoms with Gasteiger partial charge < -0.3 is 14.2 Å². The Kier molecular flexibility index (Phi) is 4.88. The van der Waals surface area contributed by atoms with Crippen molar-refractivity contribution < 1.29 is 19.0 Å². The van der Waals surface area contributed by atoms with Crippen LogP contribution in [-0.4, -0.2) is 31.8 Å². The zero-order valence-electron chi connectivity index (χ0n) is 9.60. The van der Waals surface area contributed by atoms with Gasteiger partial charge in [0.25, 0.3) is 0 Å². The molecule has 5 heteroatoms. The van der Waals surface area contributed by atoms with E-state index in [2.05, 4.69) is 4.98 Å². The highest BCUT2D eigenvalue weighted by atomic mass is 16.7. The van der Waals surface area contributed by atoms with Crippen LogP contribution in [-0.2, 0) is 14.2 Å². The fraction of sp³-hybridized carbons (Fsp3) is 0.455. The molecule has 0 radical (unpaired) electrons. The Morgan fingerprint density at radius 3 is 2.69 bits per heavy atom. The minimum absolute atomic E-state index is 0.325. The van der Waals surface area contributed by atoms with Crippen molar-refractivity contribution in [2.45, 2.75) is 13.2 Å². The number of hydrogen-bond acceptors (Lipinski definition) is 5. The molecule has 1 aromatic rings. The first-order chi connectivity index (χ1) is 7.74. The number of methoxy groups -OCH3 is 2. The smallest absolute Gasteiger partial charge is 0.338 e. The number of aromatic nitrogens is 1. The maximum absolute atomic E-state index is 11.6. The molecule has 0 aliphatic heterocycles. The van der Waals surface area contributed by atoms with Crippen LogP contribution in [0.4, 0.5) is 0 Å². The van der Waals surface area contributed by atoms with E-state index in [1.165, 1.54) is 26.6 Å².